The van der Waals surface area contributed by atoms with Crippen LogP contribution >= 0.6 is 0 Å². The SMILES string of the molecule is COc1ccc(S(=O)(=O)Nc2cc(C(=O)N(C)Cc3ccc(C)cc3)ccc2C)cc1. The zero-order chi connectivity index (χ0) is 22.6. The Bertz CT molecular complexity index is 1170. The number of carbonyl (C=O) groups excluding carboxylic acids is 1. The third-order valence-electron chi connectivity index (χ3n) is 4.99. The Morgan fingerprint density at radius 1 is 0.968 bits per heavy atom. The van der Waals surface area contributed by atoms with Crippen LogP contribution in [0.25, 0.3) is 0 Å². The molecule has 31 heavy (non-hydrogen) atoms. The fourth-order valence-corrected chi connectivity index (χ4v) is 4.20. The van der Waals surface area contributed by atoms with E-state index >= 15 is 0 Å². The molecule has 0 aromatic heterocycles. The molecule has 0 aliphatic heterocycles. The average molecular weight is 439 g/mol. The lowest BCUT2D eigenvalue weighted by molar-refractivity contribution is 0.0785. The monoisotopic (exact) mass is 438 g/mol. The van der Waals surface area contributed by atoms with E-state index in [1.54, 1.807) is 49.2 Å². The van der Waals surface area contributed by atoms with Gasteiger partial charge in [-0.25, -0.2) is 8.42 Å². The third kappa shape index (κ3) is 5.44. The molecule has 0 aliphatic rings. The van der Waals surface area contributed by atoms with Gasteiger partial charge in [0, 0.05) is 19.2 Å². The molecule has 7 heteroatoms. The van der Waals surface area contributed by atoms with E-state index in [-0.39, 0.29) is 10.8 Å². The fourth-order valence-electron chi connectivity index (χ4n) is 3.08. The number of nitrogens with zero attached hydrogens (tertiary/aromatic N) is 1. The molecule has 162 valence electrons. The summed E-state index contributed by atoms with van der Waals surface area (Å²) in [5, 5.41) is 0. The summed E-state index contributed by atoms with van der Waals surface area (Å²) in [5.74, 6) is 0.379. The summed E-state index contributed by atoms with van der Waals surface area (Å²) in [4.78, 5) is 14.6. The van der Waals surface area contributed by atoms with Crippen molar-refractivity contribution in [2.75, 3.05) is 18.9 Å². The summed E-state index contributed by atoms with van der Waals surface area (Å²) in [6.45, 7) is 4.26. The lowest BCUT2D eigenvalue weighted by atomic mass is 10.1. The van der Waals surface area contributed by atoms with E-state index in [4.69, 9.17) is 4.74 Å². The van der Waals surface area contributed by atoms with Crippen LogP contribution in [0.15, 0.2) is 71.6 Å². The Kier molecular flexibility index (Phi) is 6.65. The minimum Gasteiger partial charge on any atom is -0.497 e. The molecule has 0 heterocycles. The number of hydrogen-bond acceptors (Lipinski definition) is 4. The maximum absolute atomic E-state index is 12.9. The molecule has 0 bridgehead atoms. The van der Waals surface area contributed by atoms with E-state index in [2.05, 4.69) is 4.72 Å². The Labute approximate surface area is 183 Å². The van der Waals surface area contributed by atoms with Crippen molar-refractivity contribution >= 4 is 21.6 Å². The standard InChI is InChI=1S/C24H26N2O4S/c1-17-5-8-19(9-6-17)16-26(3)24(27)20-10-7-18(2)23(15-20)25-31(28,29)22-13-11-21(30-4)12-14-22/h5-15,25H,16H2,1-4H3. The molecule has 0 radical (unpaired) electrons. The number of amides is 1. The van der Waals surface area contributed by atoms with E-state index in [0.717, 1.165) is 16.7 Å². The van der Waals surface area contributed by atoms with Crippen LogP contribution in [-0.2, 0) is 16.6 Å². The van der Waals surface area contributed by atoms with E-state index in [1.807, 2.05) is 31.2 Å². The van der Waals surface area contributed by atoms with Gasteiger partial charge in [0.25, 0.3) is 15.9 Å². The quantitative estimate of drug-likeness (QED) is 0.594. The number of aryl methyl sites for hydroxylation is 2. The minimum atomic E-state index is -3.81. The Balaban J connectivity index is 1.80. The molecule has 1 amide bonds. The van der Waals surface area contributed by atoms with Crippen molar-refractivity contribution in [2.24, 2.45) is 0 Å². The largest absolute Gasteiger partial charge is 0.497 e. The number of methoxy groups -OCH3 is 1. The van der Waals surface area contributed by atoms with E-state index in [0.29, 0.717) is 23.5 Å². The number of sulfonamides is 1. The molecular weight excluding hydrogens is 412 g/mol. The first-order valence-corrected chi connectivity index (χ1v) is 11.3. The van der Waals surface area contributed by atoms with Crippen LogP contribution in [0.3, 0.4) is 0 Å². The van der Waals surface area contributed by atoms with Crippen molar-refractivity contribution in [3.05, 3.63) is 89.0 Å². The molecule has 0 atom stereocenters. The highest BCUT2D eigenvalue weighted by Gasteiger charge is 2.18. The normalized spacial score (nSPS) is 11.1. The number of benzene rings is 3. The van der Waals surface area contributed by atoms with Crippen LogP contribution in [-0.4, -0.2) is 33.4 Å². The van der Waals surface area contributed by atoms with Crippen LogP contribution in [0.5, 0.6) is 5.75 Å². The number of hydrogen-bond donors (Lipinski definition) is 1. The minimum absolute atomic E-state index is 0.112. The molecule has 0 spiro atoms. The first-order valence-electron chi connectivity index (χ1n) is 9.78. The van der Waals surface area contributed by atoms with Crippen molar-refractivity contribution < 1.29 is 17.9 Å². The van der Waals surface area contributed by atoms with Crippen LogP contribution < -0.4 is 9.46 Å². The summed E-state index contributed by atoms with van der Waals surface area (Å²) in [6, 6.07) is 19.1. The number of ether oxygens (including phenoxy) is 1. The van der Waals surface area contributed by atoms with Crippen molar-refractivity contribution in [2.45, 2.75) is 25.3 Å². The number of rotatable bonds is 7. The lowest BCUT2D eigenvalue weighted by Crippen LogP contribution is -2.26. The van der Waals surface area contributed by atoms with Gasteiger partial charge in [0.05, 0.1) is 17.7 Å². The van der Waals surface area contributed by atoms with E-state index in [1.165, 1.54) is 19.2 Å². The number of carbonyl (C=O) groups is 1. The predicted octanol–water partition coefficient (Wildman–Crippen LogP) is 4.39. The molecule has 0 fully saturated rings. The van der Waals surface area contributed by atoms with E-state index in [9.17, 15) is 13.2 Å². The second-order valence-corrected chi connectivity index (χ2v) is 9.14. The topological polar surface area (TPSA) is 75.7 Å². The van der Waals surface area contributed by atoms with Gasteiger partial charge in [-0.3, -0.25) is 9.52 Å². The summed E-state index contributed by atoms with van der Waals surface area (Å²) in [7, 11) is -0.564. The van der Waals surface area contributed by atoms with Crippen LogP contribution in [0.1, 0.15) is 27.0 Å². The zero-order valence-corrected chi connectivity index (χ0v) is 18.9. The highest BCUT2D eigenvalue weighted by Crippen LogP contribution is 2.23. The molecule has 3 rings (SSSR count). The van der Waals surface area contributed by atoms with Gasteiger partial charge >= 0.3 is 0 Å². The van der Waals surface area contributed by atoms with E-state index < -0.39 is 10.0 Å². The molecule has 3 aromatic carbocycles. The predicted molar refractivity (Wildman–Crippen MR) is 122 cm³/mol. The molecule has 0 saturated carbocycles. The summed E-state index contributed by atoms with van der Waals surface area (Å²) in [5.41, 5.74) is 3.67. The van der Waals surface area contributed by atoms with Crippen LogP contribution in [0.4, 0.5) is 5.69 Å². The summed E-state index contributed by atoms with van der Waals surface area (Å²) < 4.78 is 33.2. The van der Waals surface area contributed by atoms with Gasteiger partial charge in [-0.2, -0.15) is 0 Å². The van der Waals surface area contributed by atoms with Crippen molar-refractivity contribution in [3.63, 3.8) is 0 Å². The van der Waals surface area contributed by atoms with Gasteiger partial charge in [0.1, 0.15) is 5.75 Å². The van der Waals surface area contributed by atoms with Gasteiger partial charge in [-0.05, 0) is 61.4 Å². The Morgan fingerprint density at radius 3 is 2.23 bits per heavy atom. The fraction of sp³-hybridized carbons (Fsp3) is 0.208. The van der Waals surface area contributed by atoms with Crippen LogP contribution in [0.2, 0.25) is 0 Å². The summed E-state index contributed by atoms with van der Waals surface area (Å²) >= 11 is 0. The van der Waals surface area contributed by atoms with Crippen molar-refractivity contribution in [1.29, 1.82) is 0 Å². The van der Waals surface area contributed by atoms with Gasteiger partial charge in [-0.15, -0.1) is 0 Å². The first-order chi connectivity index (χ1) is 14.7. The molecular formula is C24H26N2O4S. The first kappa shape index (κ1) is 22.4. The smallest absolute Gasteiger partial charge is 0.261 e. The molecule has 3 aromatic rings. The Hall–Kier alpha value is -3.32. The molecule has 0 saturated heterocycles. The third-order valence-corrected chi connectivity index (χ3v) is 6.37. The average Bonchev–Trinajstić information content (AvgIpc) is 2.76. The maximum atomic E-state index is 12.9. The highest BCUT2D eigenvalue weighted by atomic mass is 32.2. The highest BCUT2D eigenvalue weighted by molar-refractivity contribution is 7.92. The van der Waals surface area contributed by atoms with Gasteiger partial charge in [0.2, 0.25) is 0 Å². The second kappa shape index (κ2) is 9.22. The molecule has 0 unspecified atom stereocenters. The molecule has 1 N–H and O–H groups in total. The number of anilines is 1. The van der Waals surface area contributed by atoms with Crippen molar-refractivity contribution in [1.82, 2.24) is 4.90 Å². The lowest BCUT2D eigenvalue weighted by Gasteiger charge is -2.19. The molecule has 0 aliphatic carbocycles. The van der Waals surface area contributed by atoms with Gasteiger partial charge in [0.15, 0.2) is 0 Å². The summed E-state index contributed by atoms with van der Waals surface area (Å²) in [6.07, 6.45) is 0. The maximum Gasteiger partial charge on any atom is 0.261 e. The molecule has 6 nitrogen and oxygen atoms in total. The van der Waals surface area contributed by atoms with Crippen LogP contribution in [0, 0.1) is 13.8 Å². The zero-order valence-electron chi connectivity index (χ0n) is 18.0. The van der Waals surface area contributed by atoms with Gasteiger partial charge in [-0.1, -0.05) is 35.9 Å². The number of nitrogens with one attached hydrogen (secondary N) is 1. The second-order valence-electron chi connectivity index (χ2n) is 7.46. The van der Waals surface area contributed by atoms with Gasteiger partial charge < -0.3 is 9.64 Å². The Morgan fingerprint density at radius 2 is 1.61 bits per heavy atom. The van der Waals surface area contributed by atoms with Crippen molar-refractivity contribution in [3.8, 4) is 5.75 Å².